The molecule has 2 bridgehead atoms. The second kappa shape index (κ2) is 5.92. The highest BCUT2D eigenvalue weighted by Crippen LogP contribution is 2.32. The molecule has 0 N–H and O–H groups in total. The van der Waals surface area contributed by atoms with Crippen molar-refractivity contribution < 1.29 is 9.53 Å². The van der Waals surface area contributed by atoms with Crippen molar-refractivity contribution in [2.45, 2.75) is 26.7 Å². The summed E-state index contributed by atoms with van der Waals surface area (Å²) in [7, 11) is 0. The number of fused-ring (bicyclic) bond motifs is 3. The van der Waals surface area contributed by atoms with Gasteiger partial charge in [0, 0.05) is 19.0 Å². The van der Waals surface area contributed by atoms with E-state index in [1.807, 2.05) is 30.3 Å². The molecule has 4 rings (SSSR count). The lowest BCUT2D eigenvalue weighted by molar-refractivity contribution is -0.125. The SMILES string of the molecule is CC(C)COc1ccc(/C=C2/C(=O)C3CCN2CC3)cc1. The number of benzene rings is 1. The van der Waals surface area contributed by atoms with Crippen LogP contribution in [0.1, 0.15) is 32.3 Å². The van der Waals surface area contributed by atoms with E-state index in [-0.39, 0.29) is 5.92 Å². The molecular formula is C18H23NO2. The highest BCUT2D eigenvalue weighted by Gasteiger charge is 2.36. The Bertz CT molecular complexity index is 537. The lowest BCUT2D eigenvalue weighted by atomic mass is 9.84. The first-order valence-corrected chi connectivity index (χ1v) is 7.87. The number of carbonyl (C=O) groups excluding carboxylic acids is 1. The third-order valence-corrected chi connectivity index (χ3v) is 4.23. The van der Waals surface area contributed by atoms with Gasteiger partial charge in [0.2, 0.25) is 0 Å². The van der Waals surface area contributed by atoms with Crippen LogP contribution in [-0.4, -0.2) is 30.4 Å². The van der Waals surface area contributed by atoms with Crippen molar-refractivity contribution in [2.24, 2.45) is 11.8 Å². The van der Waals surface area contributed by atoms with Crippen LogP contribution in [0, 0.1) is 11.8 Å². The van der Waals surface area contributed by atoms with Gasteiger partial charge in [0.05, 0.1) is 12.3 Å². The van der Waals surface area contributed by atoms with E-state index in [2.05, 4.69) is 18.7 Å². The first-order chi connectivity index (χ1) is 10.1. The third kappa shape index (κ3) is 3.12. The number of Topliss-reactive ketones (excluding diaryl/α,β-unsaturated/α-hetero) is 1. The number of hydrogen-bond acceptors (Lipinski definition) is 3. The fourth-order valence-corrected chi connectivity index (χ4v) is 2.99. The van der Waals surface area contributed by atoms with E-state index >= 15 is 0 Å². The van der Waals surface area contributed by atoms with Gasteiger partial charge in [-0.2, -0.15) is 0 Å². The largest absolute Gasteiger partial charge is 0.493 e. The summed E-state index contributed by atoms with van der Waals surface area (Å²) in [6, 6.07) is 8.02. The van der Waals surface area contributed by atoms with E-state index in [4.69, 9.17) is 4.74 Å². The van der Waals surface area contributed by atoms with Crippen molar-refractivity contribution >= 4 is 11.9 Å². The van der Waals surface area contributed by atoms with Gasteiger partial charge >= 0.3 is 0 Å². The smallest absolute Gasteiger partial charge is 0.182 e. The van der Waals surface area contributed by atoms with Crippen LogP contribution in [0.15, 0.2) is 30.0 Å². The molecule has 0 amide bonds. The minimum absolute atomic E-state index is 0.259. The van der Waals surface area contributed by atoms with Gasteiger partial charge in [-0.05, 0) is 42.5 Å². The fraction of sp³-hybridized carbons (Fsp3) is 0.500. The van der Waals surface area contributed by atoms with Crippen molar-refractivity contribution in [3.05, 3.63) is 35.5 Å². The van der Waals surface area contributed by atoms with E-state index in [1.165, 1.54) is 0 Å². The van der Waals surface area contributed by atoms with Gasteiger partial charge in [0.25, 0.3) is 0 Å². The summed E-state index contributed by atoms with van der Waals surface area (Å²) in [5, 5.41) is 0. The van der Waals surface area contributed by atoms with Gasteiger partial charge in [-0.15, -0.1) is 0 Å². The topological polar surface area (TPSA) is 29.5 Å². The average molecular weight is 285 g/mol. The summed E-state index contributed by atoms with van der Waals surface area (Å²) in [6.07, 6.45) is 4.08. The van der Waals surface area contributed by atoms with Crippen molar-refractivity contribution in [2.75, 3.05) is 19.7 Å². The number of allylic oxidation sites excluding steroid dienone is 1. The molecule has 112 valence electrons. The summed E-state index contributed by atoms with van der Waals surface area (Å²) in [5.74, 6) is 2.00. The highest BCUT2D eigenvalue weighted by molar-refractivity contribution is 6.01. The summed E-state index contributed by atoms with van der Waals surface area (Å²) in [5.41, 5.74) is 1.97. The molecule has 3 nitrogen and oxygen atoms in total. The Labute approximate surface area is 126 Å². The molecule has 0 spiro atoms. The zero-order valence-electron chi connectivity index (χ0n) is 12.8. The highest BCUT2D eigenvalue weighted by atomic mass is 16.5. The van der Waals surface area contributed by atoms with Crippen LogP contribution in [0.3, 0.4) is 0 Å². The lowest BCUT2D eigenvalue weighted by Crippen LogP contribution is -2.45. The van der Waals surface area contributed by atoms with Crippen molar-refractivity contribution in [3.63, 3.8) is 0 Å². The van der Waals surface area contributed by atoms with Crippen molar-refractivity contribution in [1.82, 2.24) is 4.90 Å². The zero-order valence-corrected chi connectivity index (χ0v) is 12.8. The average Bonchev–Trinajstić information content (AvgIpc) is 2.50. The Balaban J connectivity index is 1.72. The molecule has 1 aromatic rings. The third-order valence-electron chi connectivity index (χ3n) is 4.23. The molecule has 0 aromatic heterocycles. The minimum atomic E-state index is 0.259. The number of hydrogen-bond donors (Lipinski definition) is 0. The maximum absolute atomic E-state index is 12.3. The van der Waals surface area contributed by atoms with E-state index < -0.39 is 0 Å². The van der Waals surface area contributed by atoms with E-state index in [9.17, 15) is 4.79 Å². The Hall–Kier alpha value is -1.77. The maximum Gasteiger partial charge on any atom is 0.182 e. The molecule has 21 heavy (non-hydrogen) atoms. The van der Waals surface area contributed by atoms with Crippen LogP contribution in [0.5, 0.6) is 5.75 Å². The molecule has 3 saturated heterocycles. The molecule has 3 heterocycles. The van der Waals surface area contributed by atoms with Crippen molar-refractivity contribution in [1.29, 1.82) is 0 Å². The Kier molecular flexibility index (Phi) is 4.00. The second-order valence-electron chi connectivity index (χ2n) is 6.43. The number of ketones is 1. The van der Waals surface area contributed by atoms with Crippen LogP contribution < -0.4 is 4.74 Å². The van der Waals surface area contributed by atoms with Gasteiger partial charge in [0.15, 0.2) is 5.78 Å². The summed E-state index contributed by atoms with van der Waals surface area (Å²) in [6.45, 7) is 7.05. The summed E-state index contributed by atoms with van der Waals surface area (Å²) >= 11 is 0. The second-order valence-corrected chi connectivity index (χ2v) is 6.43. The molecule has 0 radical (unpaired) electrons. The molecule has 0 unspecified atom stereocenters. The van der Waals surface area contributed by atoms with E-state index in [1.54, 1.807) is 0 Å². The van der Waals surface area contributed by atoms with Gasteiger partial charge in [0.1, 0.15) is 5.75 Å². The predicted octanol–water partition coefficient (Wildman–Crippen LogP) is 3.36. The van der Waals surface area contributed by atoms with Crippen molar-refractivity contribution in [3.8, 4) is 5.75 Å². The monoisotopic (exact) mass is 285 g/mol. The molecule has 3 heteroatoms. The predicted molar refractivity (Wildman–Crippen MR) is 84.1 cm³/mol. The number of ether oxygens (including phenoxy) is 1. The first-order valence-electron chi connectivity index (χ1n) is 7.87. The quantitative estimate of drug-likeness (QED) is 0.795. The van der Waals surface area contributed by atoms with Gasteiger partial charge in [-0.1, -0.05) is 26.0 Å². The first kappa shape index (κ1) is 14.2. The lowest BCUT2D eigenvalue weighted by Gasteiger charge is -2.41. The fourth-order valence-electron chi connectivity index (χ4n) is 2.99. The van der Waals surface area contributed by atoms with Gasteiger partial charge in [-0.3, -0.25) is 4.79 Å². The van der Waals surface area contributed by atoms with E-state index in [0.717, 1.165) is 49.5 Å². The van der Waals surface area contributed by atoms with Crippen LogP contribution >= 0.6 is 0 Å². The van der Waals surface area contributed by atoms with Crippen LogP contribution in [-0.2, 0) is 4.79 Å². The molecule has 0 atom stereocenters. The summed E-state index contributed by atoms with van der Waals surface area (Å²) in [4.78, 5) is 14.5. The Morgan fingerprint density at radius 3 is 2.48 bits per heavy atom. The van der Waals surface area contributed by atoms with Gasteiger partial charge < -0.3 is 9.64 Å². The zero-order chi connectivity index (χ0) is 14.8. The van der Waals surface area contributed by atoms with Gasteiger partial charge in [-0.25, -0.2) is 0 Å². The summed E-state index contributed by atoms with van der Waals surface area (Å²) < 4.78 is 5.68. The van der Waals surface area contributed by atoms with Crippen LogP contribution in [0.2, 0.25) is 0 Å². The molecule has 0 saturated carbocycles. The van der Waals surface area contributed by atoms with Crippen LogP contribution in [0.4, 0.5) is 0 Å². The molecular weight excluding hydrogens is 262 g/mol. The molecule has 3 aliphatic rings. The molecule has 3 fully saturated rings. The standard InChI is InChI=1S/C18H23NO2/c1-13(2)12-21-16-5-3-14(4-6-16)11-17-18(20)15-7-9-19(17)10-8-15/h3-6,11,13,15H,7-10,12H2,1-2H3/b17-11-. The number of carbonyl (C=O) groups is 1. The molecule has 3 aliphatic heterocycles. The molecule has 1 aromatic carbocycles. The number of nitrogens with zero attached hydrogens (tertiary/aromatic N) is 1. The number of piperidine rings is 3. The normalized spacial score (nSPS) is 20.6. The van der Waals surface area contributed by atoms with Crippen LogP contribution in [0.25, 0.3) is 6.08 Å². The maximum atomic E-state index is 12.3. The Morgan fingerprint density at radius 1 is 1.24 bits per heavy atom. The minimum Gasteiger partial charge on any atom is -0.493 e. The molecule has 0 aliphatic carbocycles. The number of rotatable bonds is 4. The van der Waals surface area contributed by atoms with E-state index in [0.29, 0.717) is 11.7 Å². The Morgan fingerprint density at radius 2 is 1.90 bits per heavy atom.